The van der Waals surface area contributed by atoms with Crippen LogP contribution in [0.2, 0.25) is 5.02 Å². The molecule has 2 aromatic rings. The molecule has 7 N–H and O–H groups in total. The second-order valence-corrected chi connectivity index (χ2v) is 13.5. The molecular weight excluding hydrogens is 670 g/mol. The molecule has 2 fully saturated rings. The van der Waals surface area contributed by atoms with Gasteiger partial charge in [-0.15, -0.1) is 0 Å². The Morgan fingerprint density at radius 1 is 1.20 bits per heavy atom. The maximum absolute atomic E-state index is 14.0. The lowest BCUT2D eigenvalue weighted by Gasteiger charge is -2.42. The number of nitrogens with zero attached hydrogens (tertiary/aromatic N) is 1. The number of methoxy groups -OCH3 is 2. The summed E-state index contributed by atoms with van der Waals surface area (Å²) >= 11 is 6.73. The molecule has 0 aromatic heterocycles. The first-order valence-electron chi connectivity index (χ1n) is 16.1. The first-order valence-corrected chi connectivity index (χ1v) is 16.5. The average Bonchev–Trinajstić information content (AvgIpc) is 3.75. The highest BCUT2D eigenvalue weighted by atomic mass is 35.5. The first kappa shape index (κ1) is 36.8. The summed E-state index contributed by atoms with van der Waals surface area (Å²) in [7, 11) is 4.49. The number of alkyl carbamates (subject to hydrolysis) is 1. The van der Waals surface area contributed by atoms with Gasteiger partial charge in [-0.05, 0) is 56.2 Å². The smallest absolute Gasteiger partial charge is 0.412 e. The fourth-order valence-corrected chi connectivity index (χ4v) is 6.88. The van der Waals surface area contributed by atoms with Crippen LogP contribution in [0.15, 0.2) is 54.1 Å². The first-order chi connectivity index (χ1) is 23.6. The highest BCUT2D eigenvalue weighted by molar-refractivity contribution is 6.35. The molecule has 0 unspecified atom stereocenters. The molecule has 15 heteroatoms. The molecule has 5 rings (SSSR count). The van der Waals surface area contributed by atoms with Crippen molar-refractivity contribution in [3.8, 4) is 5.75 Å². The summed E-state index contributed by atoms with van der Waals surface area (Å²) in [5.74, 6) is -0.580. The number of allylic oxidation sites excluding steroid dienone is 3. The van der Waals surface area contributed by atoms with Crippen LogP contribution in [0.5, 0.6) is 5.75 Å². The number of nitrogens with one attached hydrogen (secondary N) is 2. The van der Waals surface area contributed by atoms with Gasteiger partial charge in [-0.25, -0.2) is 9.59 Å². The molecule has 4 bridgehead atoms. The average molecular weight is 714 g/mol. The molecule has 14 nitrogen and oxygen atoms in total. The Balaban J connectivity index is 1.54. The number of amides is 3. The lowest BCUT2D eigenvalue weighted by atomic mass is 9.83. The van der Waals surface area contributed by atoms with Crippen molar-refractivity contribution in [1.29, 1.82) is 0 Å². The fourth-order valence-electron chi connectivity index (χ4n) is 6.57. The van der Waals surface area contributed by atoms with Gasteiger partial charge in [0.05, 0.1) is 36.7 Å². The summed E-state index contributed by atoms with van der Waals surface area (Å²) in [5.41, 5.74) is 11.8. The topological polar surface area (TPSA) is 200 Å². The number of fused-ring (bicyclic) bond motifs is 5. The number of ether oxygens (including phenoxy) is 5. The van der Waals surface area contributed by atoms with Gasteiger partial charge >= 0.3 is 12.2 Å². The minimum atomic E-state index is -1.82. The zero-order chi connectivity index (χ0) is 36.5. The van der Waals surface area contributed by atoms with Crippen molar-refractivity contribution in [1.82, 2.24) is 5.32 Å². The third kappa shape index (κ3) is 7.63. The van der Waals surface area contributed by atoms with Crippen LogP contribution in [-0.4, -0.2) is 80.2 Å². The molecule has 0 saturated carbocycles. The maximum Gasteiger partial charge on any atom is 0.412 e. The number of hydrogen-bond donors (Lipinski definition) is 5. The second-order valence-electron chi connectivity index (χ2n) is 13.2. The fraction of sp³-hybridized carbons (Fsp3) is 0.457. The molecule has 7 atom stereocenters. The third-order valence-corrected chi connectivity index (χ3v) is 9.89. The predicted octanol–water partition coefficient (Wildman–Crippen LogP) is 4.54. The van der Waals surface area contributed by atoms with Crippen molar-refractivity contribution < 1.29 is 43.2 Å². The summed E-state index contributed by atoms with van der Waals surface area (Å²) in [6.07, 6.45) is 0.0818. The van der Waals surface area contributed by atoms with Gasteiger partial charge < -0.3 is 45.2 Å². The standard InChI is InChI=1S/C35H44ClN5O9/c1-18-8-7-9-27(47-6)35(45)17-26(48-33(44)40-35)19(2)31-34(3,50-31)28(49-32(43)39-23-11-10-21(37)15-22(23)38)16-29(42)41(4)24-13-20(12-18)14-25(46-5)30(24)36/h7-11,13-15,19,26-28,31,45H,12,16-17,37-38H2,1-6H3,(H,39,43)(H,40,44)/b9-7+,18-8+/t19-,26+,27-,28+,31+,34+,35+/m1/s1. The molecule has 0 aliphatic carbocycles. The molecule has 3 amide bonds. The van der Waals surface area contributed by atoms with Crippen LogP contribution >= 0.6 is 11.6 Å². The van der Waals surface area contributed by atoms with E-state index in [1.54, 1.807) is 51.2 Å². The van der Waals surface area contributed by atoms with E-state index >= 15 is 0 Å². The highest BCUT2D eigenvalue weighted by Gasteiger charge is 2.64. The number of halogens is 1. The van der Waals surface area contributed by atoms with Crippen molar-refractivity contribution in [2.45, 2.75) is 75.8 Å². The van der Waals surface area contributed by atoms with Gasteiger partial charge in [0, 0.05) is 32.2 Å². The van der Waals surface area contributed by atoms with Crippen molar-refractivity contribution in [3.63, 3.8) is 0 Å². The van der Waals surface area contributed by atoms with Gasteiger partial charge in [0.15, 0.2) is 5.72 Å². The molecular formula is C35H44ClN5O9. The number of hydrogen-bond acceptors (Lipinski definition) is 11. The van der Waals surface area contributed by atoms with E-state index in [1.165, 1.54) is 31.3 Å². The Bertz CT molecular complexity index is 1720. The number of nitrogens with two attached hydrogens (primary N) is 2. The van der Waals surface area contributed by atoms with Gasteiger partial charge in [-0.3, -0.25) is 15.4 Å². The van der Waals surface area contributed by atoms with Crippen LogP contribution in [0.4, 0.5) is 32.3 Å². The quantitative estimate of drug-likeness (QED) is 0.220. The number of anilines is 4. The van der Waals surface area contributed by atoms with Gasteiger partial charge in [-0.1, -0.05) is 42.3 Å². The van der Waals surface area contributed by atoms with Crippen molar-refractivity contribution in [3.05, 3.63) is 64.7 Å². The van der Waals surface area contributed by atoms with Crippen molar-refractivity contribution in [2.75, 3.05) is 43.0 Å². The number of carbonyl (C=O) groups is 3. The van der Waals surface area contributed by atoms with Crippen LogP contribution < -0.4 is 31.7 Å². The van der Waals surface area contributed by atoms with Crippen molar-refractivity contribution in [2.24, 2.45) is 5.92 Å². The summed E-state index contributed by atoms with van der Waals surface area (Å²) < 4.78 is 28.9. The Kier molecular flexibility index (Phi) is 10.6. The summed E-state index contributed by atoms with van der Waals surface area (Å²) in [6.45, 7) is 5.43. The normalized spacial score (nSPS) is 31.6. The lowest BCUT2D eigenvalue weighted by molar-refractivity contribution is -0.142. The lowest BCUT2D eigenvalue weighted by Crippen LogP contribution is -2.63. The Hall–Kier alpha value is -4.50. The van der Waals surface area contributed by atoms with E-state index < -0.39 is 59.8 Å². The monoisotopic (exact) mass is 713 g/mol. The number of benzene rings is 2. The zero-order valence-electron chi connectivity index (χ0n) is 28.8. The van der Waals surface area contributed by atoms with E-state index in [4.69, 9.17) is 46.8 Å². The van der Waals surface area contributed by atoms with E-state index in [2.05, 4.69) is 10.6 Å². The maximum atomic E-state index is 14.0. The van der Waals surface area contributed by atoms with Gasteiger partial charge in [0.1, 0.15) is 34.7 Å². The van der Waals surface area contributed by atoms with Crippen LogP contribution in [0, 0.1) is 5.92 Å². The molecule has 2 aromatic carbocycles. The van der Waals surface area contributed by atoms with E-state index in [1.807, 2.05) is 13.0 Å². The van der Waals surface area contributed by atoms with Crippen LogP contribution in [0.1, 0.15) is 39.2 Å². The van der Waals surface area contributed by atoms with E-state index in [0.717, 1.165) is 11.1 Å². The Labute approximate surface area is 295 Å². The SMILES string of the molecule is COc1cc2cc(c1Cl)N(C)C(=O)C[C@H](OC(=O)Nc1ccc(N)cc1N)[C@]1(C)O[C@H]1[C@H](C)[C@@H]1C[C@@](O)(NC(=O)O1)[C@H](OC)/C=C/C=C(\C)C2. The summed E-state index contributed by atoms with van der Waals surface area (Å²) in [5, 5.41) is 17.0. The number of rotatable bonds is 4. The van der Waals surface area contributed by atoms with Crippen molar-refractivity contribution >= 4 is 52.4 Å². The number of aliphatic hydroxyl groups is 1. The Morgan fingerprint density at radius 2 is 1.94 bits per heavy atom. The van der Waals surface area contributed by atoms with Gasteiger partial charge in [0.2, 0.25) is 5.91 Å². The van der Waals surface area contributed by atoms with E-state index in [-0.39, 0.29) is 29.2 Å². The van der Waals surface area contributed by atoms with Crippen LogP contribution in [-0.2, 0) is 30.2 Å². The molecule has 3 aliphatic rings. The predicted molar refractivity (Wildman–Crippen MR) is 188 cm³/mol. The second kappa shape index (κ2) is 14.4. The Morgan fingerprint density at radius 3 is 2.62 bits per heavy atom. The molecule has 0 spiro atoms. The van der Waals surface area contributed by atoms with Crippen LogP contribution in [0.25, 0.3) is 0 Å². The minimum Gasteiger partial charge on any atom is -0.495 e. The zero-order valence-corrected chi connectivity index (χ0v) is 29.6. The molecule has 2 saturated heterocycles. The van der Waals surface area contributed by atoms with Crippen LogP contribution in [0.3, 0.4) is 0 Å². The summed E-state index contributed by atoms with van der Waals surface area (Å²) in [4.78, 5) is 41.5. The molecule has 270 valence electrons. The number of carbonyl (C=O) groups excluding carboxylic acids is 3. The molecule has 3 heterocycles. The number of nitrogen functional groups attached to an aromatic ring is 2. The van der Waals surface area contributed by atoms with E-state index in [0.29, 0.717) is 23.5 Å². The van der Waals surface area contributed by atoms with E-state index in [9.17, 15) is 19.5 Å². The van der Waals surface area contributed by atoms with Gasteiger partial charge in [0.25, 0.3) is 0 Å². The number of epoxide rings is 1. The highest BCUT2D eigenvalue weighted by Crippen LogP contribution is 2.49. The summed E-state index contributed by atoms with van der Waals surface area (Å²) in [6, 6.07) is 8.18. The third-order valence-electron chi connectivity index (χ3n) is 9.51. The van der Waals surface area contributed by atoms with Gasteiger partial charge in [-0.2, -0.15) is 0 Å². The molecule has 3 aliphatic heterocycles. The largest absolute Gasteiger partial charge is 0.495 e. The molecule has 0 radical (unpaired) electrons. The minimum absolute atomic E-state index is 0.0460. The molecule has 50 heavy (non-hydrogen) atoms.